The molecule has 3 rings (SSSR count). The summed E-state index contributed by atoms with van der Waals surface area (Å²) < 4.78 is 5.06. The number of ether oxygens (including phenoxy) is 1. The van der Waals surface area contributed by atoms with Crippen LogP contribution in [0.15, 0.2) is 42.5 Å². The number of benzene rings is 1. The second kappa shape index (κ2) is 9.53. The van der Waals surface area contributed by atoms with E-state index in [1.54, 1.807) is 24.0 Å². The van der Waals surface area contributed by atoms with Crippen molar-refractivity contribution in [1.29, 1.82) is 0 Å². The van der Waals surface area contributed by atoms with E-state index in [2.05, 4.69) is 16.8 Å². The van der Waals surface area contributed by atoms with Gasteiger partial charge in [-0.1, -0.05) is 24.3 Å². The van der Waals surface area contributed by atoms with Crippen LogP contribution in [0.25, 0.3) is 6.08 Å². The summed E-state index contributed by atoms with van der Waals surface area (Å²) >= 11 is 5.09. The van der Waals surface area contributed by atoms with Gasteiger partial charge in [-0.2, -0.15) is 0 Å². The number of nitrogens with zero attached hydrogens (tertiary/aromatic N) is 3. The smallest absolute Gasteiger partial charge is 0.409 e. The van der Waals surface area contributed by atoms with Crippen molar-refractivity contribution in [3.63, 3.8) is 0 Å². The molecule has 2 saturated heterocycles. The van der Waals surface area contributed by atoms with Crippen LogP contribution in [0, 0.1) is 0 Å². The number of rotatable bonds is 5. The molecular formula is C21H24N4O4S. The van der Waals surface area contributed by atoms with Gasteiger partial charge < -0.3 is 14.5 Å². The van der Waals surface area contributed by atoms with Crippen LogP contribution >= 0.6 is 12.2 Å². The lowest BCUT2D eigenvalue weighted by Gasteiger charge is -2.36. The highest BCUT2D eigenvalue weighted by Gasteiger charge is 2.33. The van der Waals surface area contributed by atoms with E-state index in [0.29, 0.717) is 32.8 Å². The van der Waals surface area contributed by atoms with Crippen molar-refractivity contribution >= 4 is 47.0 Å². The topological polar surface area (TPSA) is 82.2 Å². The van der Waals surface area contributed by atoms with Gasteiger partial charge in [0.05, 0.1) is 6.61 Å². The van der Waals surface area contributed by atoms with E-state index in [4.69, 9.17) is 17.0 Å². The maximum Gasteiger partial charge on any atom is 0.409 e. The molecule has 2 heterocycles. The minimum Gasteiger partial charge on any atom is -0.450 e. The number of para-hydroxylation sites is 1. The maximum atomic E-state index is 12.8. The van der Waals surface area contributed by atoms with Gasteiger partial charge in [-0.15, -0.1) is 6.58 Å². The van der Waals surface area contributed by atoms with E-state index < -0.39 is 11.8 Å². The third-order valence-electron chi connectivity index (χ3n) is 4.88. The molecule has 1 N–H and O–H groups in total. The number of nitrogens with one attached hydrogen (secondary N) is 1. The Hall–Kier alpha value is -3.20. The Labute approximate surface area is 180 Å². The molecule has 3 amide bonds. The van der Waals surface area contributed by atoms with E-state index >= 15 is 0 Å². The first-order chi connectivity index (χ1) is 14.5. The van der Waals surface area contributed by atoms with Crippen LogP contribution in [-0.2, 0) is 14.3 Å². The summed E-state index contributed by atoms with van der Waals surface area (Å²) in [6.07, 6.45) is 2.83. The van der Waals surface area contributed by atoms with E-state index in [-0.39, 0.29) is 23.3 Å². The molecule has 0 atom stereocenters. The Morgan fingerprint density at radius 2 is 1.93 bits per heavy atom. The number of carbonyl (C=O) groups is 3. The van der Waals surface area contributed by atoms with Crippen molar-refractivity contribution in [2.75, 3.05) is 44.2 Å². The minimum atomic E-state index is -0.521. The van der Waals surface area contributed by atoms with Crippen molar-refractivity contribution in [3.8, 4) is 0 Å². The van der Waals surface area contributed by atoms with Crippen LogP contribution in [-0.4, -0.2) is 72.2 Å². The van der Waals surface area contributed by atoms with E-state index in [0.717, 1.165) is 11.3 Å². The van der Waals surface area contributed by atoms with Gasteiger partial charge in [0.2, 0.25) is 0 Å². The normalized spacial score (nSPS) is 18.5. The molecule has 2 aliphatic rings. The van der Waals surface area contributed by atoms with E-state index in [1.165, 1.54) is 4.90 Å². The van der Waals surface area contributed by atoms with Crippen LogP contribution in [0.2, 0.25) is 0 Å². The van der Waals surface area contributed by atoms with Gasteiger partial charge in [-0.05, 0) is 36.8 Å². The van der Waals surface area contributed by atoms with E-state index in [9.17, 15) is 14.4 Å². The molecule has 30 heavy (non-hydrogen) atoms. The number of hydrogen-bond donors (Lipinski definition) is 1. The molecule has 8 nitrogen and oxygen atoms in total. The number of hydrogen-bond acceptors (Lipinski definition) is 6. The van der Waals surface area contributed by atoms with Gasteiger partial charge >= 0.3 is 6.09 Å². The van der Waals surface area contributed by atoms with Gasteiger partial charge in [0, 0.05) is 38.4 Å². The highest BCUT2D eigenvalue weighted by Crippen LogP contribution is 2.25. The number of amides is 3. The second-order valence-electron chi connectivity index (χ2n) is 6.75. The Morgan fingerprint density at radius 3 is 2.60 bits per heavy atom. The Morgan fingerprint density at radius 1 is 1.23 bits per heavy atom. The highest BCUT2D eigenvalue weighted by molar-refractivity contribution is 7.80. The first kappa shape index (κ1) is 21.5. The molecule has 9 heteroatoms. The van der Waals surface area contributed by atoms with Crippen LogP contribution in [0.3, 0.4) is 0 Å². The monoisotopic (exact) mass is 428 g/mol. The summed E-state index contributed by atoms with van der Waals surface area (Å²) in [5.41, 5.74) is 1.65. The molecule has 0 aromatic heterocycles. The summed E-state index contributed by atoms with van der Waals surface area (Å²) in [5, 5.41) is 2.63. The summed E-state index contributed by atoms with van der Waals surface area (Å²) in [4.78, 5) is 42.2. The van der Waals surface area contributed by atoms with Gasteiger partial charge in [-0.25, -0.2) is 4.79 Å². The predicted octanol–water partition coefficient (Wildman–Crippen LogP) is 1.78. The van der Waals surface area contributed by atoms with Crippen LogP contribution in [0.5, 0.6) is 0 Å². The van der Waals surface area contributed by atoms with Gasteiger partial charge in [-0.3, -0.25) is 19.8 Å². The third kappa shape index (κ3) is 4.51. The lowest BCUT2D eigenvalue weighted by molar-refractivity contribution is -0.128. The number of thiocarbonyl (C=S) groups is 1. The van der Waals surface area contributed by atoms with Crippen LogP contribution in [0.4, 0.5) is 10.5 Å². The fraction of sp³-hybridized carbons (Fsp3) is 0.333. The van der Waals surface area contributed by atoms with Crippen LogP contribution in [0.1, 0.15) is 12.5 Å². The average Bonchev–Trinajstić information content (AvgIpc) is 2.75. The van der Waals surface area contributed by atoms with Gasteiger partial charge in [0.1, 0.15) is 5.57 Å². The molecule has 0 saturated carbocycles. The minimum absolute atomic E-state index is 0.0167. The Bertz CT molecular complexity index is 906. The quantitative estimate of drug-likeness (QED) is 0.333. The molecule has 0 radical (unpaired) electrons. The number of carbonyl (C=O) groups excluding carboxylic acids is 3. The van der Waals surface area contributed by atoms with E-state index in [1.807, 2.05) is 24.3 Å². The maximum absolute atomic E-state index is 12.8. The predicted molar refractivity (Wildman–Crippen MR) is 118 cm³/mol. The lowest BCUT2D eigenvalue weighted by atomic mass is 10.0. The zero-order chi connectivity index (χ0) is 21.7. The molecule has 158 valence electrons. The highest BCUT2D eigenvalue weighted by atomic mass is 32.1. The average molecular weight is 429 g/mol. The summed E-state index contributed by atoms with van der Waals surface area (Å²) in [6.45, 7) is 8.27. The fourth-order valence-electron chi connectivity index (χ4n) is 3.39. The zero-order valence-corrected chi connectivity index (χ0v) is 17.6. The molecule has 0 unspecified atom stereocenters. The molecule has 2 aliphatic heterocycles. The molecule has 0 aliphatic carbocycles. The molecule has 0 bridgehead atoms. The largest absolute Gasteiger partial charge is 0.450 e. The standard InChI is InChI=1S/C21H24N4O4S/c1-3-9-25-19(27)16(18(26)22-20(25)30)14-15-7-5-6-8-17(15)23-10-12-24(13-11-23)21(28)29-4-2/h3,5-8,14H,1,4,9-13H2,2H3,(H,22,26,30)/b16-14+. The summed E-state index contributed by atoms with van der Waals surface area (Å²) in [6, 6.07) is 7.54. The van der Waals surface area contributed by atoms with Crippen molar-refractivity contribution in [2.24, 2.45) is 0 Å². The first-order valence-electron chi connectivity index (χ1n) is 9.71. The summed E-state index contributed by atoms with van der Waals surface area (Å²) in [5.74, 6) is -0.974. The molecule has 2 fully saturated rings. The first-order valence-corrected chi connectivity index (χ1v) is 10.1. The number of piperazine rings is 1. The van der Waals surface area contributed by atoms with Crippen LogP contribution < -0.4 is 10.2 Å². The molecule has 0 spiro atoms. The van der Waals surface area contributed by atoms with Crippen molar-refractivity contribution in [2.45, 2.75) is 6.92 Å². The fourth-order valence-corrected chi connectivity index (χ4v) is 3.64. The Kier molecular flexibility index (Phi) is 6.83. The van der Waals surface area contributed by atoms with Gasteiger partial charge in [0.15, 0.2) is 5.11 Å². The third-order valence-corrected chi connectivity index (χ3v) is 5.20. The van der Waals surface area contributed by atoms with Gasteiger partial charge in [0.25, 0.3) is 11.8 Å². The summed E-state index contributed by atoms with van der Waals surface area (Å²) in [7, 11) is 0. The Balaban J connectivity index is 1.83. The molecular weight excluding hydrogens is 404 g/mol. The lowest BCUT2D eigenvalue weighted by Crippen LogP contribution is -2.53. The molecule has 1 aromatic rings. The van der Waals surface area contributed by atoms with Crippen molar-refractivity contribution < 1.29 is 19.1 Å². The van der Waals surface area contributed by atoms with Crippen molar-refractivity contribution in [1.82, 2.24) is 15.1 Å². The number of anilines is 1. The zero-order valence-electron chi connectivity index (χ0n) is 16.8. The SMILES string of the molecule is C=CCN1C(=O)/C(=C/c2ccccc2N2CCN(C(=O)OCC)CC2)C(=O)NC1=S. The van der Waals surface area contributed by atoms with Crippen molar-refractivity contribution in [3.05, 3.63) is 48.1 Å². The molecule has 1 aromatic carbocycles. The second-order valence-corrected chi connectivity index (χ2v) is 7.14.